The third-order valence-corrected chi connectivity index (χ3v) is 3.44. The minimum Gasteiger partial charge on any atom is -0.292 e. The van der Waals surface area contributed by atoms with Gasteiger partial charge in [-0.1, -0.05) is 0 Å². The summed E-state index contributed by atoms with van der Waals surface area (Å²) < 4.78 is 1.78. The quantitative estimate of drug-likeness (QED) is 0.762. The summed E-state index contributed by atoms with van der Waals surface area (Å²) in [7, 11) is 0. The maximum absolute atomic E-state index is 12.1. The second-order valence-electron chi connectivity index (χ2n) is 4.04. The van der Waals surface area contributed by atoms with Crippen LogP contribution >= 0.6 is 11.3 Å². The summed E-state index contributed by atoms with van der Waals surface area (Å²) in [5.41, 5.74) is 2.88. The Morgan fingerprint density at radius 2 is 2.35 bits per heavy atom. The van der Waals surface area contributed by atoms with Crippen LogP contribution in [0.2, 0.25) is 0 Å². The van der Waals surface area contributed by atoms with E-state index in [9.17, 15) is 4.79 Å². The van der Waals surface area contributed by atoms with E-state index in [1.807, 2.05) is 25.3 Å². The number of hydrogen-bond acceptors (Lipinski definition) is 3. The minimum absolute atomic E-state index is 0.179. The smallest absolute Gasteiger partial charge is 0.181 e. The molecule has 0 atom stereocenters. The van der Waals surface area contributed by atoms with Crippen LogP contribution in [0.3, 0.4) is 0 Å². The molecule has 0 fully saturated rings. The molecule has 2 aromatic rings. The number of carbonyl (C=O) groups is 1. The SMILES string of the molecule is CCn1nc(C)cc1C(=O)CCc1ccsc1. The maximum atomic E-state index is 12.1. The highest BCUT2D eigenvalue weighted by Crippen LogP contribution is 2.12. The number of carbonyl (C=O) groups excluding carboxylic acids is 1. The van der Waals surface area contributed by atoms with Gasteiger partial charge in [0, 0.05) is 13.0 Å². The third kappa shape index (κ3) is 2.82. The van der Waals surface area contributed by atoms with Crippen molar-refractivity contribution in [2.45, 2.75) is 33.2 Å². The normalized spacial score (nSPS) is 10.7. The van der Waals surface area contributed by atoms with E-state index in [0.717, 1.165) is 24.4 Å². The molecule has 3 nitrogen and oxygen atoms in total. The zero-order chi connectivity index (χ0) is 12.3. The summed E-state index contributed by atoms with van der Waals surface area (Å²) in [6.07, 6.45) is 1.37. The number of aryl methyl sites for hydroxylation is 3. The lowest BCUT2D eigenvalue weighted by atomic mass is 10.1. The third-order valence-electron chi connectivity index (χ3n) is 2.71. The van der Waals surface area contributed by atoms with Crippen molar-refractivity contribution in [3.63, 3.8) is 0 Å². The average Bonchev–Trinajstić information content (AvgIpc) is 2.94. The molecule has 2 rings (SSSR count). The highest BCUT2D eigenvalue weighted by Gasteiger charge is 2.12. The zero-order valence-electron chi connectivity index (χ0n) is 10.1. The predicted molar refractivity (Wildman–Crippen MR) is 69.6 cm³/mol. The number of nitrogens with zero attached hydrogens (tertiary/aromatic N) is 2. The van der Waals surface area contributed by atoms with Crippen molar-refractivity contribution >= 4 is 17.1 Å². The summed E-state index contributed by atoms with van der Waals surface area (Å²) in [4.78, 5) is 12.1. The zero-order valence-corrected chi connectivity index (χ0v) is 11.0. The van der Waals surface area contributed by atoms with Crippen LogP contribution in [0, 0.1) is 6.92 Å². The molecule has 0 aliphatic carbocycles. The largest absolute Gasteiger partial charge is 0.292 e. The van der Waals surface area contributed by atoms with Crippen LogP contribution < -0.4 is 0 Å². The van der Waals surface area contributed by atoms with E-state index in [2.05, 4.69) is 16.5 Å². The van der Waals surface area contributed by atoms with Crippen molar-refractivity contribution < 1.29 is 4.79 Å². The van der Waals surface area contributed by atoms with Crippen molar-refractivity contribution in [3.05, 3.63) is 39.8 Å². The van der Waals surface area contributed by atoms with Gasteiger partial charge in [-0.05, 0) is 48.7 Å². The lowest BCUT2D eigenvalue weighted by molar-refractivity contribution is 0.0972. The molecule has 0 aliphatic rings. The van der Waals surface area contributed by atoms with Gasteiger partial charge in [-0.3, -0.25) is 9.48 Å². The minimum atomic E-state index is 0.179. The lowest BCUT2D eigenvalue weighted by Gasteiger charge is -2.02. The van der Waals surface area contributed by atoms with Crippen molar-refractivity contribution in [2.75, 3.05) is 0 Å². The van der Waals surface area contributed by atoms with Gasteiger partial charge in [-0.25, -0.2) is 0 Å². The van der Waals surface area contributed by atoms with Gasteiger partial charge in [0.15, 0.2) is 5.78 Å². The molecule has 0 unspecified atom stereocenters. The monoisotopic (exact) mass is 248 g/mol. The first-order valence-electron chi connectivity index (χ1n) is 5.79. The molecule has 2 aromatic heterocycles. The molecule has 17 heavy (non-hydrogen) atoms. The van der Waals surface area contributed by atoms with Crippen LogP contribution in [-0.2, 0) is 13.0 Å². The molecule has 0 aliphatic heterocycles. The van der Waals surface area contributed by atoms with Crippen molar-refractivity contribution in [3.8, 4) is 0 Å². The molecule has 0 saturated heterocycles. The molecule has 90 valence electrons. The number of hydrogen-bond donors (Lipinski definition) is 0. The first-order valence-corrected chi connectivity index (χ1v) is 6.73. The number of aromatic nitrogens is 2. The van der Waals surface area contributed by atoms with Crippen molar-refractivity contribution in [2.24, 2.45) is 0 Å². The molecular weight excluding hydrogens is 232 g/mol. The standard InChI is InChI=1S/C13H16N2OS/c1-3-15-12(8-10(2)14-15)13(16)5-4-11-6-7-17-9-11/h6-9H,3-5H2,1-2H3. The predicted octanol–water partition coefficient (Wildman–Crippen LogP) is 3.09. The summed E-state index contributed by atoms with van der Waals surface area (Å²) in [6.45, 7) is 4.66. The van der Waals surface area contributed by atoms with Gasteiger partial charge in [0.1, 0.15) is 5.69 Å². The van der Waals surface area contributed by atoms with Gasteiger partial charge in [0.2, 0.25) is 0 Å². The van der Waals surface area contributed by atoms with Gasteiger partial charge in [0.25, 0.3) is 0 Å². The van der Waals surface area contributed by atoms with Gasteiger partial charge in [-0.2, -0.15) is 16.4 Å². The van der Waals surface area contributed by atoms with Crippen LogP contribution in [-0.4, -0.2) is 15.6 Å². The Hall–Kier alpha value is -1.42. The highest BCUT2D eigenvalue weighted by atomic mass is 32.1. The van der Waals surface area contributed by atoms with Gasteiger partial charge in [-0.15, -0.1) is 0 Å². The fourth-order valence-electron chi connectivity index (χ4n) is 1.83. The molecule has 0 aromatic carbocycles. The first kappa shape index (κ1) is 12.0. The van der Waals surface area contributed by atoms with Crippen LogP contribution in [0.25, 0.3) is 0 Å². The number of ketones is 1. The average molecular weight is 248 g/mol. The van der Waals surface area contributed by atoms with E-state index in [1.54, 1.807) is 16.0 Å². The highest BCUT2D eigenvalue weighted by molar-refractivity contribution is 7.07. The van der Waals surface area contributed by atoms with Crippen LogP contribution in [0.5, 0.6) is 0 Å². The van der Waals surface area contributed by atoms with E-state index < -0.39 is 0 Å². The van der Waals surface area contributed by atoms with Crippen LogP contribution in [0.1, 0.15) is 35.1 Å². The molecule has 0 saturated carbocycles. The molecule has 0 bridgehead atoms. The fraction of sp³-hybridized carbons (Fsp3) is 0.385. The molecule has 2 heterocycles. The van der Waals surface area contributed by atoms with Gasteiger partial charge < -0.3 is 0 Å². The maximum Gasteiger partial charge on any atom is 0.181 e. The van der Waals surface area contributed by atoms with Crippen LogP contribution in [0.4, 0.5) is 0 Å². The molecular formula is C13H16N2OS. The van der Waals surface area contributed by atoms with E-state index in [-0.39, 0.29) is 5.78 Å². The number of rotatable bonds is 5. The van der Waals surface area contributed by atoms with E-state index in [0.29, 0.717) is 6.42 Å². The summed E-state index contributed by atoms with van der Waals surface area (Å²) in [5, 5.41) is 8.43. The fourth-order valence-corrected chi connectivity index (χ4v) is 2.53. The van der Waals surface area contributed by atoms with Gasteiger partial charge in [0.05, 0.1) is 5.69 Å². The number of Topliss-reactive ketones (excluding diaryl/α,β-unsaturated/α-hetero) is 1. The molecule has 0 spiro atoms. The van der Waals surface area contributed by atoms with E-state index >= 15 is 0 Å². The Kier molecular flexibility index (Phi) is 3.74. The second-order valence-corrected chi connectivity index (χ2v) is 4.82. The lowest BCUT2D eigenvalue weighted by Crippen LogP contribution is -2.10. The van der Waals surface area contributed by atoms with E-state index in [4.69, 9.17) is 0 Å². The molecule has 0 amide bonds. The van der Waals surface area contributed by atoms with Crippen LogP contribution in [0.15, 0.2) is 22.9 Å². The van der Waals surface area contributed by atoms with Crippen molar-refractivity contribution in [1.29, 1.82) is 0 Å². The first-order chi connectivity index (χ1) is 8.20. The second kappa shape index (κ2) is 5.27. The Labute approximate surface area is 105 Å². The Bertz CT molecular complexity index is 499. The molecule has 0 radical (unpaired) electrons. The summed E-state index contributed by atoms with van der Waals surface area (Å²) >= 11 is 1.67. The molecule has 4 heteroatoms. The Balaban J connectivity index is 2.04. The van der Waals surface area contributed by atoms with Crippen molar-refractivity contribution in [1.82, 2.24) is 9.78 Å². The Morgan fingerprint density at radius 3 is 3.00 bits per heavy atom. The summed E-state index contributed by atoms with van der Waals surface area (Å²) in [6, 6.07) is 3.94. The Morgan fingerprint density at radius 1 is 1.53 bits per heavy atom. The van der Waals surface area contributed by atoms with E-state index in [1.165, 1.54) is 5.56 Å². The summed E-state index contributed by atoms with van der Waals surface area (Å²) in [5.74, 6) is 0.179. The topological polar surface area (TPSA) is 34.9 Å². The van der Waals surface area contributed by atoms with Gasteiger partial charge >= 0.3 is 0 Å². The number of thiophene rings is 1. The molecule has 0 N–H and O–H groups in total.